The lowest BCUT2D eigenvalue weighted by molar-refractivity contribution is -0.385. The van der Waals surface area contributed by atoms with Crippen LogP contribution in [0.4, 0.5) is 11.5 Å². The molecule has 1 N–H and O–H groups in total. The first-order valence-electron chi connectivity index (χ1n) is 8.23. The SMILES string of the molecule is O=[N+]([O-])c1ccc(N2CCCCC[C@@H]2C[C@@H](O)c2ccco2)nc1. The molecule has 3 rings (SSSR count). The van der Waals surface area contributed by atoms with Gasteiger partial charge in [-0.25, -0.2) is 4.98 Å². The van der Waals surface area contributed by atoms with Crippen LogP contribution in [0, 0.1) is 10.1 Å². The predicted molar refractivity (Wildman–Crippen MR) is 88.8 cm³/mol. The Kier molecular flexibility index (Phi) is 5.10. The topological polar surface area (TPSA) is 92.6 Å². The molecule has 7 heteroatoms. The third-order valence-corrected chi connectivity index (χ3v) is 4.48. The van der Waals surface area contributed by atoms with Crippen molar-refractivity contribution in [3.8, 4) is 0 Å². The molecule has 0 aliphatic carbocycles. The molecular weight excluding hydrogens is 310 g/mol. The highest BCUT2D eigenvalue weighted by molar-refractivity contribution is 5.44. The number of anilines is 1. The summed E-state index contributed by atoms with van der Waals surface area (Å²) in [5, 5.41) is 21.2. The van der Waals surface area contributed by atoms with Gasteiger partial charge in [-0.2, -0.15) is 0 Å². The van der Waals surface area contributed by atoms with Crippen LogP contribution in [-0.2, 0) is 0 Å². The van der Waals surface area contributed by atoms with Gasteiger partial charge in [0.15, 0.2) is 0 Å². The van der Waals surface area contributed by atoms with Crippen molar-refractivity contribution in [2.24, 2.45) is 0 Å². The molecule has 0 spiro atoms. The van der Waals surface area contributed by atoms with Gasteiger partial charge >= 0.3 is 0 Å². The molecule has 0 saturated carbocycles. The summed E-state index contributed by atoms with van der Waals surface area (Å²) in [5.74, 6) is 1.29. The number of hydrogen-bond donors (Lipinski definition) is 1. The van der Waals surface area contributed by atoms with Gasteiger partial charge in [-0.1, -0.05) is 12.8 Å². The first kappa shape index (κ1) is 16.4. The maximum atomic E-state index is 10.8. The third-order valence-electron chi connectivity index (χ3n) is 4.48. The van der Waals surface area contributed by atoms with Crippen molar-refractivity contribution in [1.82, 2.24) is 4.98 Å². The van der Waals surface area contributed by atoms with Crippen molar-refractivity contribution < 1.29 is 14.4 Å². The second-order valence-corrected chi connectivity index (χ2v) is 6.10. The maximum absolute atomic E-state index is 10.8. The number of rotatable bonds is 5. The van der Waals surface area contributed by atoms with Crippen LogP contribution in [0.1, 0.15) is 44.0 Å². The predicted octanol–water partition coefficient (Wildman–Crippen LogP) is 3.46. The fourth-order valence-electron chi connectivity index (χ4n) is 3.23. The van der Waals surface area contributed by atoms with Crippen LogP contribution in [0.25, 0.3) is 0 Å². The van der Waals surface area contributed by atoms with E-state index in [0.29, 0.717) is 12.2 Å². The van der Waals surface area contributed by atoms with Crippen molar-refractivity contribution >= 4 is 11.5 Å². The van der Waals surface area contributed by atoms with Crippen LogP contribution in [0.5, 0.6) is 0 Å². The molecule has 1 saturated heterocycles. The molecule has 0 radical (unpaired) electrons. The minimum atomic E-state index is -0.663. The Hall–Kier alpha value is -2.41. The Bertz CT molecular complexity index is 657. The Morgan fingerprint density at radius 1 is 1.38 bits per heavy atom. The first-order valence-corrected chi connectivity index (χ1v) is 8.23. The standard InChI is InChI=1S/C17H21N3O4/c21-15(16-6-4-10-24-16)11-13-5-2-1-3-9-19(13)17-8-7-14(12-18-17)20(22)23/h4,6-8,10,12-13,15,21H,1-3,5,9,11H2/t13-,15-/m1/s1. The Labute approximate surface area is 140 Å². The van der Waals surface area contributed by atoms with Gasteiger partial charge in [0, 0.05) is 25.1 Å². The number of hydrogen-bond acceptors (Lipinski definition) is 6. The van der Waals surface area contributed by atoms with Crippen molar-refractivity contribution in [3.63, 3.8) is 0 Å². The van der Waals surface area contributed by atoms with E-state index in [4.69, 9.17) is 4.42 Å². The lowest BCUT2D eigenvalue weighted by Crippen LogP contribution is -2.36. The number of nitrogens with zero attached hydrogens (tertiary/aromatic N) is 3. The molecule has 128 valence electrons. The van der Waals surface area contributed by atoms with E-state index in [2.05, 4.69) is 9.88 Å². The summed E-state index contributed by atoms with van der Waals surface area (Å²) in [4.78, 5) is 16.8. The zero-order chi connectivity index (χ0) is 16.9. The van der Waals surface area contributed by atoms with E-state index in [1.54, 1.807) is 24.5 Å². The van der Waals surface area contributed by atoms with Gasteiger partial charge in [0.25, 0.3) is 5.69 Å². The number of furan rings is 1. The fraction of sp³-hybridized carbons (Fsp3) is 0.471. The molecule has 24 heavy (non-hydrogen) atoms. The summed E-state index contributed by atoms with van der Waals surface area (Å²) in [6, 6.07) is 6.83. The lowest BCUT2D eigenvalue weighted by atomic mass is 10.0. The summed E-state index contributed by atoms with van der Waals surface area (Å²) < 4.78 is 5.29. The van der Waals surface area contributed by atoms with Gasteiger partial charge in [-0.15, -0.1) is 0 Å². The van der Waals surface area contributed by atoms with Crippen molar-refractivity contribution in [2.75, 3.05) is 11.4 Å². The molecule has 2 atom stereocenters. The molecule has 0 aromatic carbocycles. The molecule has 1 aliphatic heterocycles. The van der Waals surface area contributed by atoms with E-state index in [9.17, 15) is 15.2 Å². The normalized spacial score (nSPS) is 19.7. The monoisotopic (exact) mass is 331 g/mol. The molecule has 0 unspecified atom stereocenters. The highest BCUT2D eigenvalue weighted by atomic mass is 16.6. The summed E-state index contributed by atoms with van der Waals surface area (Å²) >= 11 is 0. The van der Waals surface area contributed by atoms with Gasteiger partial charge in [0.2, 0.25) is 0 Å². The average Bonchev–Trinajstić information content (AvgIpc) is 3.03. The van der Waals surface area contributed by atoms with E-state index in [1.807, 2.05) is 0 Å². The van der Waals surface area contributed by atoms with Gasteiger partial charge in [-0.05, 0) is 31.0 Å². The highest BCUT2D eigenvalue weighted by Crippen LogP contribution is 2.30. The fourth-order valence-corrected chi connectivity index (χ4v) is 3.23. The summed E-state index contributed by atoms with van der Waals surface area (Å²) in [5.41, 5.74) is -0.0132. The number of aliphatic hydroxyl groups is 1. The number of nitro groups is 1. The van der Waals surface area contributed by atoms with E-state index in [-0.39, 0.29) is 11.7 Å². The molecule has 1 fully saturated rings. The van der Waals surface area contributed by atoms with E-state index in [0.717, 1.165) is 38.0 Å². The quantitative estimate of drug-likeness (QED) is 0.666. The van der Waals surface area contributed by atoms with Gasteiger partial charge in [0.1, 0.15) is 23.9 Å². The smallest absolute Gasteiger partial charge is 0.287 e. The molecule has 7 nitrogen and oxygen atoms in total. The number of aromatic nitrogens is 1. The van der Waals surface area contributed by atoms with E-state index in [1.165, 1.54) is 12.3 Å². The second kappa shape index (κ2) is 7.44. The van der Waals surface area contributed by atoms with Crippen molar-refractivity contribution in [3.05, 3.63) is 52.6 Å². The van der Waals surface area contributed by atoms with Gasteiger partial charge in [0.05, 0.1) is 11.2 Å². The molecule has 1 aliphatic rings. The summed E-state index contributed by atoms with van der Waals surface area (Å²) in [6.45, 7) is 0.834. The highest BCUT2D eigenvalue weighted by Gasteiger charge is 2.26. The van der Waals surface area contributed by atoms with E-state index < -0.39 is 11.0 Å². The molecule has 0 amide bonds. The molecule has 3 heterocycles. The molecule has 2 aromatic rings. The Balaban J connectivity index is 1.78. The summed E-state index contributed by atoms with van der Waals surface area (Å²) in [7, 11) is 0. The largest absolute Gasteiger partial charge is 0.467 e. The summed E-state index contributed by atoms with van der Waals surface area (Å²) in [6.07, 6.45) is 6.97. The average molecular weight is 331 g/mol. The van der Waals surface area contributed by atoms with Crippen LogP contribution >= 0.6 is 0 Å². The van der Waals surface area contributed by atoms with Crippen LogP contribution in [0.15, 0.2) is 41.1 Å². The first-order chi connectivity index (χ1) is 11.6. The van der Waals surface area contributed by atoms with Gasteiger partial charge in [-0.3, -0.25) is 10.1 Å². The van der Waals surface area contributed by atoms with Crippen molar-refractivity contribution in [1.29, 1.82) is 0 Å². The zero-order valence-corrected chi connectivity index (χ0v) is 13.4. The maximum Gasteiger partial charge on any atom is 0.287 e. The van der Waals surface area contributed by atoms with Crippen molar-refractivity contribution in [2.45, 2.75) is 44.2 Å². The minimum absolute atomic E-state index is 0.0132. The molecule has 2 aromatic heterocycles. The molecular formula is C17H21N3O4. The number of pyridine rings is 1. The van der Waals surface area contributed by atoms with Crippen LogP contribution in [-0.4, -0.2) is 27.6 Å². The Morgan fingerprint density at radius 3 is 2.92 bits per heavy atom. The minimum Gasteiger partial charge on any atom is -0.467 e. The zero-order valence-electron chi connectivity index (χ0n) is 13.4. The third kappa shape index (κ3) is 3.73. The van der Waals surface area contributed by atoms with Gasteiger partial charge < -0.3 is 14.4 Å². The van der Waals surface area contributed by atoms with Crippen LogP contribution < -0.4 is 4.90 Å². The Morgan fingerprint density at radius 2 is 2.25 bits per heavy atom. The lowest BCUT2D eigenvalue weighted by Gasteiger charge is -2.32. The van der Waals surface area contributed by atoms with Crippen LogP contribution in [0.2, 0.25) is 0 Å². The molecule has 0 bridgehead atoms. The number of aliphatic hydroxyl groups excluding tert-OH is 1. The second-order valence-electron chi connectivity index (χ2n) is 6.10. The van der Waals surface area contributed by atoms with E-state index >= 15 is 0 Å². The van der Waals surface area contributed by atoms with Crippen LogP contribution in [0.3, 0.4) is 0 Å².